The van der Waals surface area contributed by atoms with Crippen molar-refractivity contribution in [2.24, 2.45) is 0 Å². The van der Waals surface area contributed by atoms with Gasteiger partial charge in [0.1, 0.15) is 0 Å². The fourth-order valence-electron chi connectivity index (χ4n) is 1.86. The molecule has 0 aromatic carbocycles. The van der Waals surface area contributed by atoms with Crippen molar-refractivity contribution in [1.82, 2.24) is 0 Å². The van der Waals surface area contributed by atoms with Gasteiger partial charge < -0.3 is 9.53 Å². The van der Waals surface area contributed by atoms with E-state index in [9.17, 15) is 5.11 Å². The first kappa shape index (κ1) is 11.9. The topological polar surface area (TPSA) is 29.5 Å². The lowest BCUT2D eigenvalue weighted by molar-refractivity contribution is -0.100. The van der Waals surface area contributed by atoms with Gasteiger partial charge in [-0.1, -0.05) is 25.8 Å². The van der Waals surface area contributed by atoms with Crippen molar-refractivity contribution in [2.75, 3.05) is 0 Å². The van der Waals surface area contributed by atoms with Crippen molar-refractivity contribution in [3.8, 4) is 0 Å². The molecule has 1 aliphatic carbocycles. The van der Waals surface area contributed by atoms with Gasteiger partial charge in [-0.25, -0.2) is 0 Å². The standard InChI is InChI=1S/C11H22O2Si/c1-4-5-10-14(2,3)13-11(12)8-6-7-9-11/h6,8,12H,4-5,7,9-10H2,1-3H3. The van der Waals surface area contributed by atoms with Crippen LogP contribution in [0.5, 0.6) is 0 Å². The van der Waals surface area contributed by atoms with Crippen LogP contribution in [0.25, 0.3) is 0 Å². The summed E-state index contributed by atoms with van der Waals surface area (Å²) >= 11 is 0. The average Bonchev–Trinajstić information content (AvgIpc) is 2.47. The van der Waals surface area contributed by atoms with Crippen LogP contribution >= 0.6 is 0 Å². The van der Waals surface area contributed by atoms with Gasteiger partial charge >= 0.3 is 0 Å². The minimum Gasteiger partial charge on any atom is -0.388 e. The van der Waals surface area contributed by atoms with Gasteiger partial charge in [-0.2, -0.15) is 0 Å². The van der Waals surface area contributed by atoms with Crippen LogP contribution in [0.2, 0.25) is 19.1 Å². The summed E-state index contributed by atoms with van der Waals surface area (Å²) in [6.45, 7) is 6.56. The van der Waals surface area contributed by atoms with Gasteiger partial charge in [0.25, 0.3) is 0 Å². The van der Waals surface area contributed by atoms with Gasteiger partial charge in [-0.15, -0.1) is 0 Å². The largest absolute Gasteiger partial charge is 0.388 e. The highest BCUT2D eigenvalue weighted by atomic mass is 28.4. The van der Waals surface area contributed by atoms with Gasteiger partial charge in [0.05, 0.1) is 0 Å². The maximum Gasteiger partial charge on any atom is 0.191 e. The molecular formula is C11H22O2Si. The summed E-state index contributed by atoms with van der Waals surface area (Å²) < 4.78 is 5.90. The number of unbranched alkanes of at least 4 members (excludes halogenated alkanes) is 1. The van der Waals surface area contributed by atoms with E-state index in [0.29, 0.717) is 0 Å². The van der Waals surface area contributed by atoms with Crippen LogP contribution in [0.3, 0.4) is 0 Å². The number of allylic oxidation sites excluding steroid dienone is 1. The molecule has 82 valence electrons. The Kier molecular flexibility index (Phi) is 3.92. The number of aliphatic hydroxyl groups is 1. The molecule has 1 unspecified atom stereocenters. The SMILES string of the molecule is CCCC[Si](C)(C)OC1(O)C=CCC1. The van der Waals surface area contributed by atoms with Crippen LogP contribution in [-0.4, -0.2) is 19.2 Å². The first-order valence-electron chi connectivity index (χ1n) is 5.58. The lowest BCUT2D eigenvalue weighted by Crippen LogP contribution is -2.42. The third-order valence-corrected chi connectivity index (χ3v) is 5.10. The Morgan fingerprint density at radius 1 is 1.50 bits per heavy atom. The maximum atomic E-state index is 10.1. The molecule has 0 amide bonds. The van der Waals surface area contributed by atoms with Gasteiger partial charge in [-0.3, -0.25) is 0 Å². The zero-order chi connectivity index (χ0) is 10.7. The summed E-state index contributed by atoms with van der Waals surface area (Å²) in [5, 5.41) is 10.1. The molecule has 0 aromatic rings. The monoisotopic (exact) mass is 214 g/mol. The number of hydrogen-bond acceptors (Lipinski definition) is 2. The summed E-state index contributed by atoms with van der Waals surface area (Å²) in [7, 11) is -1.66. The Morgan fingerprint density at radius 3 is 2.71 bits per heavy atom. The molecule has 0 aliphatic heterocycles. The third kappa shape index (κ3) is 3.56. The highest BCUT2D eigenvalue weighted by Gasteiger charge is 2.35. The molecule has 0 fully saturated rings. The van der Waals surface area contributed by atoms with Gasteiger partial charge in [-0.05, 0) is 31.6 Å². The minimum atomic E-state index is -1.66. The summed E-state index contributed by atoms with van der Waals surface area (Å²) in [5.74, 6) is -0.941. The molecule has 0 aromatic heterocycles. The molecule has 0 bridgehead atoms. The van der Waals surface area contributed by atoms with E-state index in [2.05, 4.69) is 20.0 Å². The van der Waals surface area contributed by atoms with Gasteiger partial charge in [0, 0.05) is 6.42 Å². The molecule has 3 heteroatoms. The molecule has 0 heterocycles. The Bertz CT molecular complexity index is 213. The Hall–Kier alpha value is -0.123. The number of hydrogen-bond donors (Lipinski definition) is 1. The third-order valence-electron chi connectivity index (χ3n) is 2.63. The van der Waals surface area contributed by atoms with Crippen LogP contribution in [0.1, 0.15) is 32.6 Å². The fourth-order valence-corrected chi connectivity index (χ4v) is 4.29. The normalized spacial score (nSPS) is 27.1. The first-order valence-corrected chi connectivity index (χ1v) is 8.69. The van der Waals surface area contributed by atoms with Gasteiger partial charge in [0.2, 0.25) is 0 Å². The van der Waals surface area contributed by atoms with E-state index in [1.165, 1.54) is 12.8 Å². The second kappa shape index (κ2) is 4.60. The molecule has 0 radical (unpaired) electrons. The lowest BCUT2D eigenvalue weighted by Gasteiger charge is -2.32. The van der Waals surface area contributed by atoms with Gasteiger partial charge in [0.15, 0.2) is 14.1 Å². The van der Waals surface area contributed by atoms with E-state index >= 15 is 0 Å². The van der Waals surface area contributed by atoms with Crippen molar-refractivity contribution in [3.63, 3.8) is 0 Å². The maximum absolute atomic E-state index is 10.1. The molecule has 1 N–H and O–H groups in total. The van der Waals surface area contributed by atoms with E-state index in [0.717, 1.165) is 18.9 Å². The molecule has 14 heavy (non-hydrogen) atoms. The molecule has 1 rings (SSSR count). The minimum absolute atomic E-state index is 0.732. The van der Waals surface area contributed by atoms with E-state index in [-0.39, 0.29) is 0 Å². The zero-order valence-electron chi connectivity index (χ0n) is 9.55. The van der Waals surface area contributed by atoms with Crippen molar-refractivity contribution < 1.29 is 9.53 Å². The Morgan fingerprint density at radius 2 is 2.21 bits per heavy atom. The quantitative estimate of drug-likeness (QED) is 0.433. The second-order valence-corrected chi connectivity index (χ2v) is 8.97. The predicted octanol–water partition coefficient (Wildman–Crippen LogP) is 3.05. The van der Waals surface area contributed by atoms with Crippen molar-refractivity contribution in [2.45, 2.75) is 57.5 Å². The Balaban J connectivity index is 2.44. The zero-order valence-corrected chi connectivity index (χ0v) is 10.5. The van der Waals surface area contributed by atoms with E-state index in [1.54, 1.807) is 0 Å². The summed E-state index contributed by atoms with van der Waals surface area (Å²) in [4.78, 5) is 0. The van der Waals surface area contributed by atoms with Crippen LogP contribution in [-0.2, 0) is 4.43 Å². The van der Waals surface area contributed by atoms with Crippen molar-refractivity contribution >= 4 is 8.32 Å². The summed E-state index contributed by atoms with van der Waals surface area (Å²) in [6, 6.07) is 1.14. The highest BCUT2D eigenvalue weighted by molar-refractivity contribution is 6.71. The molecular weight excluding hydrogens is 192 g/mol. The molecule has 0 saturated heterocycles. The van der Waals surface area contributed by atoms with E-state index in [4.69, 9.17) is 4.43 Å². The number of rotatable bonds is 5. The van der Waals surface area contributed by atoms with Crippen LogP contribution in [0.4, 0.5) is 0 Å². The molecule has 0 spiro atoms. The second-order valence-electron chi connectivity index (χ2n) is 4.75. The summed E-state index contributed by atoms with van der Waals surface area (Å²) in [5.41, 5.74) is 0. The van der Waals surface area contributed by atoms with Crippen molar-refractivity contribution in [3.05, 3.63) is 12.2 Å². The smallest absolute Gasteiger partial charge is 0.191 e. The molecule has 0 saturated carbocycles. The van der Waals surface area contributed by atoms with Crippen molar-refractivity contribution in [1.29, 1.82) is 0 Å². The first-order chi connectivity index (χ1) is 6.47. The van der Waals surface area contributed by atoms with E-state index < -0.39 is 14.1 Å². The van der Waals surface area contributed by atoms with Crippen LogP contribution in [0.15, 0.2) is 12.2 Å². The van der Waals surface area contributed by atoms with Crippen LogP contribution in [0, 0.1) is 0 Å². The molecule has 1 atom stereocenters. The van der Waals surface area contributed by atoms with Crippen LogP contribution < -0.4 is 0 Å². The Labute approximate surface area is 88.1 Å². The predicted molar refractivity (Wildman–Crippen MR) is 61.6 cm³/mol. The molecule has 1 aliphatic rings. The van der Waals surface area contributed by atoms with E-state index in [1.807, 2.05) is 12.2 Å². The highest BCUT2D eigenvalue weighted by Crippen LogP contribution is 2.29. The molecule has 2 nitrogen and oxygen atoms in total. The lowest BCUT2D eigenvalue weighted by atomic mass is 10.2. The fraction of sp³-hybridized carbons (Fsp3) is 0.818. The summed E-state index contributed by atoms with van der Waals surface area (Å²) in [6.07, 6.45) is 7.90. The average molecular weight is 214 g/mol.